The van der Waals surface area contributed by atoms with Crippen LogP contribution >= 0.6 is 11.3 Å². The molecule has 3 amide bonds. The number of carbonyl (C=O) groups is 3. The lowest BCUT2D eigenvalue weighted by Crippen LogP contribution is -2.50. The topological polar surface area (TPSA) is 69.7 Å². The summed E-state index contributed by atoms with van der Waals surface area (Å²) in [5, 5.41) is 4.86. The number of benzene rings is 1. The SMILES string of the molecule is O=C(Nc1ccccc1)[C@H]1CCCN(C(=O)[C@@H]2CCCN(C(=O)c3cccs3)C2)C1. The van der Waals surface area contributed by atoms with E-state index in [9.17, 15) is 14.4 Å². The number of piperidine rings is 2. The Hall–Kier alpha value is -2.67. The van der Waals surface area contributed by atoms with Gasteiger partial charge in [0.15, 0.2) is 0 Å². The van der Waals surface area contributed by atoms with Crippen LogP contribution in [0.25, 0.3) is 0 Å². The molecule has 2 aliphatic rings. The third-order valence-corrected chi connectivity index (χ3v) is 6.79. The Labute approximate surface area is 180 Å². The fourth-order valence-electron chi connectivity index (χ4n) is 4.33. The van der Waals surface area contributed by atoms with E-state index in [4.69, 9.17) is 0 Å². The van der Waals surface area contributed by atoms with Crippen molar-refractivity contribution >= 4 is 34.7 Å². The molecule has 2 atom stereocenters. The smallest absolute Gasteiger partial charge is 0.263 e. The zero-order valence-electron chi connectivity index (χ0n) is 17.0. The van der Waals surface area contributed by atoms with Crippen LogP contribution in [0.3, 0.4) is 0 Å². The van der Waals surface area contributed by atoms with Gasteiger partial charge in [-0.25, -0.2) is 0 Å². The van der Waals surface area contributed by atoms with Crippen LogP contribution in [0.4, 0.5) is 5.69 Å². The van der Waals surface area contributed by atoms with Crippen molar-refractivity contribution in [2.45, 2.75) is 25.7 Å². The fraction of sp³-hybridized carbons (Fsp3) is 0.435. The molecular formula is C23H27N3O3S. The maximum absolute atomic E-state index is 13.2. The van der Waals surface area contributed by atoms with Crippen molar-refractivity contribution in [3.05, 3.63) is 52.7 Å². The van der Waals surface area contributed by atoms with Gasteiger partial charge in [0.1, 0.15) is 0 Å². The quantitative estimate of drug-likeness (QED) is 0.815. The van der Waals surface area contributed by atoms with Gasteiger partial charge in [-0.15, -0.1) is 11.3 Å². The average Bonchev–Trinajstić information content (AvgIpc) is 3.34. The summed E-state index contributed by atoms with van der Waals surface area (Å²) in [5.74, 6) is -0.317. The molecule has 2 saturated heterocycles. The number of nitrogens with one attached hydrogen (secondary N) is 1. The zero-order valence-corrected chi connectivity index (χ0v) is 17.8. The number of rotatable bonds is 4. The molecule has 0 unspecified atom stereocenters. The molecule has 2 fully saturated rings. The van der Waals surface area contributed by atoms with Gasteiger partial charge in [0.25, 0.3) is 5.91 Å². The standard InChI is InChI=1S/C23H27N3O3S/c27-21(24-19-9-2-1-3-10-19)17-7-4-12-25(15-17)22(28)18-8-5-13-26(16-18)23(29)20-11-6-14-30-20/h1-3,6,9-11,14,17-18H,4-5,7-8,12-13,15-16H2,(H,24,27)/t17-,18+/m0/s1. The third kappa shape index (κ3) is 4.73. The first kappa shape index (κ1) is 20.6. The molecule has 30 heavy (non-hydrogen) atoms. The van der Waals surface area contributed by atoms with Crippen LogP contribution in [0.15, 0.2) is 47.8 Å². The van der Waals surface area contributed by atoms with E-state index in [1.165, 1.54) is 11.3 Å². The van der Waals surface area contributed by atoms with Gasteiger partial charge in [0.05, 0.1) is 16.7 Å². The molecule has 0 spiro atoms. The maximum atomic E-state index is 13.2. The molecule has 0 bridgehead atoms. The molecule has 4 rings (SSSR count). The first-order valence-electron chi connectivity index (χ1n) is 10.6. The fourth-order valence-corrected chi connectivity index (χ4v) is 5.03. The Balaban J connectivity index is 1.35. The molecule has 0 radical (unpaired) electrons. The molecule has 1 aromatic heterocycles. The van der Waals surface area contributed by atoms with Crippen molar-refractivity contribution in [3.63, 3.8) is 0 Å². The second kappa shape index (κ2) is 9.43. The number of likely N-dealkylation sites (tertiary alicyclic amines) is 2. The number of para-hydroxylation sites is 1. The summed E-state index contributed by atoms with van der Waals surface area (Å²) in [6, 6.07) is 13.1. The minimum absolute atomic E-state index is 0.0151. The monoisotopic (exact) mass is 425 g/mol. The van der Waals surface area contributed by atoms with Crippen molar-refractivity contribution in [1.82, 2.24) is 9.80 Å². The number of hydrogen-bond acceptors (Lipinski definition) is 4. The Morgan fingerprint density at radius 3 is 2.30 bits per heavy atom. The van der Waals surface area contributed by atoms with E-state index < -0.39 is 0 Å². The highest BCUT2D eigenvalue weighted by atomic mass is 32.1. The van der Waals surface area contributed by atoms with Crippen molar-refractivity contribution in [2.24, 2.45) is 11.8 Å². The number of carbonyl (C=O) groups excluding carboxylic acids is 3. The number of hydrogen-bond donors (Lipinski definition) is 1. The van der Waals surface area contributed by atoms with Crippen LogP contribution in [-0.2, 0) is 9.59 Å². The summed E-state index contributed by atoms with van der Waals surface area (Å²) in [7, 11) is 0. The predicted molar refractivity (Wildman–Crippen MR) is 117 cm³/mol. The van der Waals surface area contributed by atoms with Crippen LogP contribution in [-0.4, -0.2) is 53.7 Å². The van der Waals surface area contributed by atoms with Gasteiger partial charge in [-0.2, -0.15) is 0 Å². The number of nitrogens with zero attached hydrogens (tertiary/aromatic N) is 2. The van der Waals surface area contributed by atoms with E-state index in [0.29, 0.717) is 26.2 Å². The lowest BCUT2D eigenvalue weighted by atomic mass is 9.92. The maximum Gasteiger partial charge on any atom is 0.263 e. The minimum atomic E-state index is -0.199. The molecule has 2 aromatic rings. The summed E-state index contributed by atoms with van der Waals surface area (Å²) >= 11 is 1.44. The summed E-state index contributed by atoms with van der Waals surface area (Å²) in [4.78, 5) is 42.9. The van der Waals surface area contributed by atoms with Gasteiger partial charge in [-0.05, 0) is 49.3 Å². The highest BCUT2D eigenvalue weighted by Crippen LogP contribution is 2.25. The molecule has 7 heteroatoms. The van der Waals surface area contributed by atoms with Crippen molar-refractivity contribution < 1.29 is 14.4 Å². The molecule has 3 heterocycles. The van der Waals surface area contributed by atoms with Crippen molar-refractivity contribution in [2.75, 3.05) is 31.5 Å². The van der Waals surface area contributed by atoms with Crippen molar-refractivity contribution in [1.29, 1.82) is 0 Å². The first-order chi connectivity index (χ1) is 14.6. The van der Waals surface area contributed by atoms with Crippen LogP contribution in [0.2, 0.25) is 0 Å². The van der Waals surface area contributed by atoms with Gasteiger partial charge < -0.3 is 15.1 Å². The minimum Gasteiger partial charge on any atom is -0.342 e. The summed E-state index contributed by atoms with van der Waals surface area (Å²) in [6.07, 6.45) is 3.24. The van der Waals surface area contributed by atoms with Crippen LogP contribution in [0.1, 0.15) is 35.4 Å². The van der Waals surface area contributed by atoms with E-state index in [1.54, 1.807) is 4.90 Å². The lowest BCUT2D eigenvalue weighted by molar-refractivity contribution is -0.139. The summed E-state index contributed by atoms with van der Waals surface area (Å²) in [6.45, 7) is 2.30. The molecule has 0 saturated carbocycles. The van der Waals surface area contributed by atoms with Gasteiger partial charge in [-0.3, -0.25) is 14.4 Å². The van der Waals surface area contributed by atoms with E-state index in [0.717, 1.165) is 36.2 Å². The Morgan fingerprint density at radius 2 is 1.57 bits per heavy atom. The largest absolute Gasteiger partial charge is 0.342 e. The molecule has 1 aromatic carbocycles. The molecule has 6 nitrogen and oxygen atoms in total. The van der Waals surface area contributed by atoms with Crippen LogP contribution in [0, 0.1) is 11.8 Å². The number of amides is 3. The summed E-state index contributed by atoms with van der Waals surface area (Å²) in [5.41, 5.74) is 0.779. The van der Waals surface area contributed by atoms with Crippen LogP contribution in [0.5, 0.6) is 0 Å². The third-order valence-electron chi connectivity index (χ3n) is 5.93. The van der Waals surface area contributed by atoms with Gasteiger partial charge in [-0.1, -0.05) is 24.3 Å². The first-order valence-corrected chi connectivity index (χ1v) is 11.5. The summed E-state index contributed by atoms with van der Waals surface area (Å²) < 4.78 is 0. The zero-order chi connectivity index (χ0) is 20.9. The van der Waals surface area contributed by atoms with E-state index >= 15 is 0 Å². The second-order valence-corrected chi connectivity index (χ2v) is 8.99. The van der Waals surface area contributed by atoms with E-state index in [-0.39, 0.29) is 29.6 Å². The van der Waals surface area contributed by atoms with Crippen molar-refractivity contribution in [3.8, 4) is 0 Å². The molecular weight excluding hydrogens is 398 g/mol. The predicted octanol–water partition coefficient (Wildman–Crippen LogP) is 3.48. The molecule has 0 aliphatic carbocycles. The Morgan fingerprint density at radius 1 is 0.867 bits per heavy atom. The van der Waals surface area contributed by atoms with E-state index in [2.05, 4.69) is 5.32 Å². The molecule has 1 N–H and O–H groups in total. The number of thiophene rings is 1. The van der Waals surface area contributed by atoms with Crippen LogP contribution < -0.4 is 5.32 Å². The highest BCUT2D eigenvalue weighted by Gasteiger charge is 2.35. The van der Waals surface area contributed by atoms with E-state index in [1.807, 2.05) is 52.7 Å². The van der Waals surface area contributed by atoms with Gasteiger partial charge in [0.2, 0.25) is 11.8 Å². The lowest BCUT2D eigenvalue weighted by Gasteiger charge is -2.38. The normalized spacial score (nSPS) is 21.9. The Kier molecular flexibility index (Phi) is 6.47. The second-order valence-electron chi connectivity index (χ2n) is 8.05. The van der Waals surface area contributed by atoms with Gasteiger partial charge >= 0.3 is 0 Å². The highest BCUT2D eigenvalue weighted by molar-refractivity contribution is 7.12. The Bertz CT molecular complexity index is 884. The molecule has 158 valence electrons. The average molecular weight is 426 g/mol. The number of anilines is 1. The molecule has 2 aliphatic heterocycles. The van der Waals surface area contributed by atoms with Gasteiger partial charge in [0, 0.05) is 31.9 Å².